The van der Waals surface area contributed by atoms with Gasteiger partial charge in [-0.2, -0.15) is 0 Å². The highest BCUT2D eigenvalue weighted by Gasteiger charge is 2.17. The third kappa shape index (κ3) is 3.22. The van der Waals surface area contributed by atoms with E-state index < -0.39 is 0 Å². The van der Waals surface area contributed by atoms with Crippen molar-refractivity contribution in [3.05, 3.63) is 12.4 Å². The van der Waals surface area contributed by atoms with Gasteiger partial charge in [0.05, 0.1) is 0 Å². The molecule has 3 nitrogen and oxygen atoms in total. The summed E-state index contributed by atoms with van der Waals surface area (Å²) >= 11 is 5.73. The van der Waals surface area contributed by atoms with Crippen LogP contribution in [0.15, 0.2) is 12.4 Å². The molecule has 1 heterocycles. The first-order valence-corrected chi connectivity index (χ1v) is 5.36. The summed E-state index contributed by atoms with van der Waals surface area (Å²) in [5, 5.41) is 3.31. The minimum atomic E-state index is 0.216. The molecule has 0 saturated carbocycles. The van der Waals surface area contributed by atoms with Crippen molar-refractivity contribution in [2.75, 3.05) is 17.7 Å². The van der Waals surface area contributed by atoms with Gasteiger partial charge in [0.2, 0.25) is 5.95 Å². The second-order valence-corrected chi connectivity index (χ2v) is 4.70. The Hall–Kier alpha value is -0.700. The molecule has 14 heavy (non-hydrogen) atoms. The summed E-state index contributed by atoms with van der Waals surface area (Å²) in [6.07, 6.45) is 4.72. The van der Waals surface area contributed by atoms with Crippen LogP contribution >= 0.6 is 11.6 Å². The fourth-order valence-corrected chi connectivity index (χ4v) is 1.71. The molecular weight excluding hydrogens is 198 g/mol. The molecule has 0 saturated heterocycles. The molecule has 0 unspecified atom stereocenters. The van der Waals surface area contributed by atoms with Crippen LogP contribution in [-0.4, -0.2) is 22.0 Å². The Morgan fingerprint density at radius 3 is 2.79 bits per heavy atom. The lowest BCUT2D eigenvalue weighted by Crippen LogP contribution is -2.24. The number of hydrogen-bond donors (Lipinski definition) is 1. The zero-order chi connectivity index (χ0) is 10.6. The monoisotopic (exact) mass is 215 g/mol. The summed E-state index contributed by atoms with van der Waals surface area (Å²) in [6, 6.07) is 0. The van der Waals surface area contributed by atoms with E-state index in [9.17, 15) is 0 Å². The first kappa shape index (κ1) is 11.4. The lowest BCUT2D eigenvalue weighted by atomic mass is 9.90. The van der Waals surface area contributed by atoms with Crippen molar-refractivity contribution in [2.45, 2.75) is 20.3 Å². The number of imidazole rings is 1. The summed E-state index contributed by atoms with van der Waals surface area (Å²) in [7, 11) is 1.98. The SMILES string of the molecule is Cn1ccnc1NCC(C)(C)CCCl. The average molecular weight is 216 g/mol. The van der Waals surface area contributed by atoms with E-state index in [1.54, 1.807) is 6.20 Å². The van der Waals surface area contributed by atoms with Crippen LogP contribution < -0.4 is 5.32 Å². The summed E-state index contributed by atoms with van der Waals surface area (Å²) < 4.78 is 1.97. The highest BCUT2D eigenvalue weighted by molar-refractivity contribution is 6.17. The van der Waals surface area contributed by atoms with Gasteiger partial charge in [-0.3, -0.25) is 0 Å². The van der Waals surface area contributed by atoms with Gasteiger partial charge in [-0.05, 0) is 11.8 Å². The number of anilines is 1. The van der Waals surface area contributed by atoms with Crippen LogP contribution in [0.2, 0.25) is 0 Å². The van der Waals surface area contributed by atoms with Crippen LogP contribution in [0.25, 0.3) is 0 Å². The van der Waals surface area contributed by atoms with Crippen molar-refractivity contribution in [2.24, 2.45) is 12.5 Å². The molecule has 0 bridgehead atoms. The predicted molar refractivity (Wildman–Crippen MR) is 60.8 cm³/mol. The van der Waals surface area contributed by atoms with Crippen molar-refractivity contribution in [1.29, 1.82) is 0 Å². The van der Waals surface area contributed by atoms with Gasteiger partial charge in [0.1, 0.15) is 0 Å². The van der Waals surface area contributed by atoms with E-state index in [1.807, 2.05) is 17.8 Å². The van der Waals surface area contributed by atoms with Crippen molar-refractivity contribution in [3.63, 3.8) is 0 Å². The van der Waals surface area contributed by atoms with Crippen LogP contribution in [0.5, 0.6) is 0 Å². The highest BCUT2D eigenvalue weighted by atomic mass is 35.5. The molecule has 4 heteroatoms. The molecule has 0 radical (unpaired) electrons. The second kappa shape index (κ2) is 4.69. The molecule has 0 fully saturated rings. The quantitative estimate of drug-likeness (QED) is 0.765. The predicted octanol–water partition coefficient (Wildman–Crippen LogP) is 2.49. The van der Waals surface area contributed by atoms with Gasteiger partial charge < -0.3 is 9.88 Å². The average Bonchev–Trinajstić information content (AvgIpc) is 2.48. The van der Waals surface area contributed by atoms with Crippen molar-refractivity contribution in [1.82, 2.24) is 9.55 Å². The lowest BCUT2D eigenvalue weighted by molar-refractivity contribution is 0.378. The Labute approximate surface area is 90.5 Å². The summed E-state index contributed by atoms with van der Waals surface area (Å²) in [6.45, 7) is 5.29. The van der Waals surface area contributed by atoms with Crippen molar-refractivity contribution >= 4 is 17.5 Å². The molecule has 1 N–H and O–H groups in total. The Kier molecular flexibility index (Phi) is 3.81. The maximum atomic E-state index is 5.73. The number of nitrogens with one attached hydrogen (secondary N) is 1. The van der Waals surface area contributed by atoms with E-state index in [0.717, 1.165) is 18.9 Å². The van der Waals surface area contributed by atoms with E-state index in [0.29, 0.717) is 5.88 Å². The Morgan fingerprint density at radius 2 is 2.29 bits per heavy atom. The van der Waals surface area contributed by atoms with Gasteiger partial charge in [0, 0.05) is 31.9 Å². The van der Waals surface area contributed by atoms with E-state index in [2.05, 4.69) is 24.1 Å². The maximum absolute atomic E-state index is 5.73. The van der Waals surface area contributed by atoms with E-state index >= 15 is 0 Å². The van der Waals surface area contributed by atoms with Gasteiger partial charge >= 0.3 is 0 Å². The van der Waals surface area contributed by atoms with Crippen LogP contribution in [0.3, 0.4) is 0 Å². The maximum Gasteiger partial charge on any atom is 0.202 e. The third-order valence-electron chi connectivity index (χ3n) is 2.32. The van der Waals surface area contributed by atoms with Crippen LogP contribution in [0.4, 0.5) is 5.95 Å². The van der Waals surface area contributed by atoms with Gasteiger partial charge in [0.15, 0.2) is 0 Å². The zero-order valence-electron chi connectivity index (χ0n) is 9.05. The molecule has 80 valence electrons. The van der Waals surface area contributed by atoms with Crippen LogP contribution in [0, 0.1) is 5.41 Å². The van der Waals surface area contributed by atoms with Gasteiger partial charge in [-0.1, -0.05) is 13.8 Å². The molecule has 1 rings (SSSR count). The number of hydrogen-bond acceptors (Lipinski definition) is 2. The molecule has 0 amide bonds. The highest BCUT2D eigenvalue weighted by Crippen LogP contribution is 2.21. The molecule has 1 aromatic rings. The largest absolute Gasteiger partial charge is 0.355 e. The Morgan fingerprint density at radius 1 is 1.57 bits per heavy atom. The van der Waals surface area contributed by atoms with Gasteiger partial charge in [-0.25, -0.2) is 4.98 Å². The normalized spacial score (nSPS) is 11.7. The smallest absolute Gasteiger partial charge is 0.202 e. The van der Waals surface area contributed by atoms with E-state index in [1.165, 1.54) is 0 Å². The molecule has 0 atom stereocenters. The van der Waals surface area contributed by atoms with Gasteiger partial charge in [0.25, 0.3) is 0 Å². The molecule has 0 aliphatic carbocycles. The van der Waals surface area contributed by atoms with E-state index in [4.69, 9.17) is 11.6 Å². The van der Waals surface area contributed by atoms with Crippen molar-refractivity contribution < 1.29 is 0 Å². The van der Waals surface area contributed by atoms with Gasteiger partial charge in [-0.15, -0.1) is 11.6 Å². The number of aromatic nitrogens is 2. The Balaban J connectivity index is 2.44. The standard InChI is InChI=1S/C10H18ClN3/c1-10(2,4-5-11)8-13-9-12-6-7-14(9)3/h6-7H,4-5,8H2,1-3H3,(H,12,13). The summed E-state index contributed by atoms with van der Waals surface area (Å²) in [4.78, 5) is 4.20. The van der Waals surface area contributed by atoms with Crippen molar-refractivity contribution in [3.8, 4) is 0 Å². The summed E-state index contributed by atoms with van der Waals surface area (Å²) in [5.41, 5.74) is 0.216. The van der Waals surface area contributed by atoms with E-state index in [-0.39, 0.29) is 5.41 Å². The van der Waals surface area contributed by atoms with Crippen LogP contribution in [-0.2, 0) is 7.05 Å². The minimum Gasteiger partial charge on any atom is -0.355 e. The number of halogens is 1. The fourth-order valence-electron chi connectivity index (χ4n) is 1.20. The summed E-state index contributed by atoms with van der Waals surface area (Å²) in [5.74, 6) is 1.61. The number of alkyl halides is 1. The first-order valence-electron chi connectivity index (χ1n) is 4.82. The minimum absolute atomic E-state index is 0.216. The third-order valence-corrected chi connectivity index (χ3v) is 2.51. The molecule has 0 aliphatic heterocycles. The number of rotatable bonds is 5. The fraction of sp³-hybridized carbons (Fsp3) is 0.700. The molecule has 0 aliphatic rings. The number of aryl methyl sites for hydroxylation is 1. The Bertz CT molecular complexity index is 281. The zero-order valence-corrected chi connectivity index (χ0v) is 9.80. The molecule has 0 aromatic carbocycles. The number of nitrogens with zero attached hydrogens (tertiary/aromatic N) is 2. The molecule has 0 spiro atoms. The molecule has 1 aromatic heterocycles. The topological polar surface area (TPSA) is 29.9 Å². The lowest BCUT2D eigenvalue weighted by Gasteiger charge is -2.23. The second-order valence-electron chi connectivity index (χ2n) is 4.32. The first-order chi connectivity index (χ1) is 6.55. The van der Waals surface area contributed by atoms with Crippen LogP contribution in [0.1, 0.15) is 20.3 Å². The molecular formula is C10H18ClN3.